The van der Waals surface area contributed by atoms with Gasteiger partial charge in [0.05, 0.1) is 10.5 Å². The second kappa shape index (κ2) is 7.40. The minimum absolute atomic E-state index is 0.0957. The van der Waals surface area contributed by atoms with E-state index in [1.54, 1.807) is 54.6 Å². The number of carbonyl (C=O) groups is 2. The number of rotatable bonds is 5. The van der Waals surface area contributed by atoms with Crippen molar-refractivity contribution >= 4 is 34.0 Å². The Labute approximate surface area is 165 Å². The number of benzene rings is 3. The molecule has 29 heavy (non-hydrogen) atoms. The van der Waals surface area contributed by atoms with Crippen LogP contribution in [0.25, 0.3) is 10.9 Å². The molecule has 0 radical (unpaired) electrons. The molecule has 1 heterocycles. The third-order valence-electron chi connectivity index (χ3n) is 4.54. The Morgan fingerprint density at radius 1 is 0.897 bits per heavy atom. The quantitative estimate of drug-likeness (QED) is 0.298. The van der Waals surface area contributed by atoms with Gasteiger partial charge in [0.25, 0.3) is 11.6 Å². The number of nitro groups is 1. The predicted octanol–water partition coefficient (Wildman–Crippen LogP) is 4.56. The van der Waals surface area contributed by atoms with E-state index in [0.717, 1.165) is 0 Å². The molecule has 0 aliphatic heterocycles. The van der Waals surface area contributed by atoms with Crippen LogP contribution in [0.5, 0.6) is 0 Å². The highest BCUT2D eigenvalue weighted by Crippen LogP contribution is 2.25. The van der Waals surface area contributed by atoms with Gasteiger partial charge in [-0.05, 0) is 18.2 Å². The lowest BCUT2D eigenvalue weighted by atomic mass is 10.0. The first-order valence-electron chi connectivity index (χ1n) is 8.79. The van der Waals surface area contributed by atoms with Gasteiger partial charge in [0.2, 0.25) is 0 Å². The first-order chi connectivity index (χ1) is 14.0. The Kier molecular flexibility index (Phi) is 4.62. The van der Waals surface area contributed by atoms with E-state index < -0.39 is 10.8 Å². The van der Waals surface area contributed by atoms with Crippen LogP contribution >= 0.6 is 0 Å². The Hall–Kier alpha value is -4.26. The molecule has 0 fully saturated rings. The SMILES string of the molecule is O=C(c1ccccc1)c1cccc(NC(=O)c2c[nH]c3ccc([N+](=O)[O-])cc23)c1. The lowest BCUT2D eigenvalue weighted by Gasteiger charge is -2.07. The Morgan fingerprint density at radius 3 is 2.41 bits per heavy atom. The van der Waals surface area contributed by atoms with E-state index in [9.17, 15) is 19.7 Å². The van der Waals surface area contributed by atoms with E-state index in [0.29, 0.717) is 27.7 Å². The zero-order valence-corrected chi connectivity index (χ0v) is 15.1. The number of amides is 1. The van der Waals surface area contributed by atoms with Gasteiger partial charge in [-0.1, -0.05) is 42.5 Å². The third kappa shape index (κ3) is 3.61. The minimum Gasteiger partial charge on any atom is -0.360 e. The first-order valence-corrected chi connectivity index (χ1v) is 8.79. The molecule has 4 rings (SSSR count). The summed E-state index contributed by atoms with van der Waals surface area (Å²) in [5, 5.41) is 14.2. The first kappa shape index (κ1) is 18.1. The van der Waals surface area contributed by atoms with Crippen molar-refractivity contribution < 1.29 is 14.5 Å². The summed E-state index contributed by atoms with van der Waals surface area (Å²) in [6.07, 6.45) is 1.50. The van der Waals surface area contributed by atoms with Gasteiger partial charge in [-0.3, -0.25) is 19.7 Å². The molecule has 1 aromatic heterocycles. The molecule has 7 nitrogen and oxygen atoms in total. The zero-order valence-electron chi connectivity index (χ0n) is 15.1. The zero-order chi connectivity index (χ0) is 20.4. The summed E-state index contributed by atoms with van der Waals surface area (Å²) >= 11 is 0. The number of hydrogen-bond donors (Lipinski definition) is 2. The smallest absolute Gasteiger partial charge is 0.270 e. The highest BCUT2D eigenvalue weighted by atomic mass is 16.6. The maximum Gasteiger partial charge on any atom is 0.270 e. The molecule has 142 valence electrons. The number of ketones is 1. The number of aromatic amines is 1. The largest absolute Gasteiger partial charge is 0.360 e. The van der Waals surface area contributed by atoms with Crippen molar-refractivity contribution in [2.75, 3.05) is 5.32 Å². The number of nitrogens with one attached hydrogen (secondary N) is 2. The summed E-state index contributed by atoms with van der Waals surface area (Å²) in [7, 11) is 0. The van der Waals surface area contributed by atoms with Crippen LogP contribution < -0.4 is 5.32 Å². The van der Waals surface area contributed by atoms with E-state index in [2.05, 4.69) is 10.3 Å². The van der Waals surface area contributed by atoms with Crippen LogP contribution in [0.4, 0.5) is 11.4 Å². The molecule has 0 atom stereocenters. The maximum absolute atomic E-state index is 12.7. The molecular formula is C22H15N3O4. The highest BCUT2D eigenvalue weighted by Gasteiger charge is 2.16. The highest BCUT2D eigenvalue weighted by molar-refractivity contribution is 6.14. The molecule has 0 spiro atoms. The van der Waals surface area contributed by atoms with E-state index in [1.807, 2.05) is 6.07 Å². The lowest BCUT2D eigenvalue weighted by Crippen LogP contribution is -2.12. The molecule has 3 aromatic carbocycles. The van der Waals surface area contributed by atoms with Gasteiger partial charge in [-0.15, -0.1) is 0 Å². The number of H-pyrrole nitrogens is 1. The van der Waals surface area contributed by atoms with Crippen LogP contribution in [0.1, 0.15) is 26.3 Å². The van der Waals surface area contributed by atoms with Crippen molar-refractivity contribution in [1.82, 2.24) is 4.98 Å². The molecule has 7 heteroatoms. The number of nitro benzene ring substituents is 1. The van der Waals surface area contributed by atoms with Crippen LogP contribution in [0.3, 0.4) is 0 Å². The van der Waals surface area contributed by atoms with E-state index in [4.69, 9.17) is 0 Å². The van der Waals surface area contributed by atoms with Gasteiger partial charge in [0.1, 0.15) is 0 Å². The maximum atomic E-state index is 12.7. The molecule has 0 saturated carbocycles. The Morgan fingerprint density at radius 2 is 1.66 bits per heavy atom. The van der Waals surface area contributed by atoms with Gasteiger partial charge in [-0.25, -0.2) is 0 Å². The third-order valence-corrected chi connectivity index (χ3v) is 4.54. The van der Waals surface area contributed by atoms with Gasteiger partial charge in [0.15, 0.2) is 5.78 Å². The van der Waals surface area contributed by atoms with E-state index in [1.165, 1.54) is 18.3 Å². The Bertz CT molecular complexity index is 1250. The van der Waals surface area contributed by atoms with Crippen LogP contribution in [0, 0.1) is 10.1 Å². The number of nitrogens with zero attached hydrogens (tertiary/aromatic N) is 1. The lowest BCUT2D eigenvalue weighted by molar-refractivity contribution is -0.384. The molecule has 0 saturated heterocycles. The van der Waals surface area contributed by atoms with Crippen molar-refractivity contribution in [2.45, 2.75) is 0 Å². The average molecular weight is 385 g/mol. The van der Waals surface area contributed by atoms with Crippen LogP contribution in [0.2, 0.25) is 0 Å². The van der Waals surface area contributed by atoms with Gasteiger partial charge < -0.3 is 10.3 Å². The van der Waals surface area contributed by atoms with Crippen LogP contribution in [0.15, 0.2) is 79.0 Å². The molecule has 1 amide bonds. The summed E-state index contributed by atoms with van der Waals surface area (Å²) in [6.45, 7) is 0. The summed E-state index contributed by atoms with van der Waals surface area (Å²) in [4.78, 5) is 38.8. The predicted molar refractivity (Wildman–Crippen MR) is 109 cm³/mol. The molecule has 4 aromatic rings. The molecule has 0 unspecified atom stereocenters. The number of fused-ring (bicyclic) bond motifs is 1. The van der Waals surface area contributed by atoms with Crippen molar-refractivity contribution in [3.63, 3.8) is 0 Å². The van der Waals surface area contributed by atoms with Gasteiger partial charge in [-0.2, -0.15) is 0 Å². The average Bonchev–Trinajstić information content (AvgIpc) is 3.17. The molecule has 0 bridgehead atoms. The fraction of sp³-hybridized carbons (Fsp3) is 0. The number of aromatic nitrogens is 1. The fourth-order valence-corrected chi connectivity index (χ4v) is 3.10. The van der Waals surface area contributed by atoms with E-state index in [-0.39, 0.29) is 17.0 Å². The summed E-state index contributed by atoms with van der Waals surface area (Å²) in [5.41, 5.74) is 2.26. The number of hydrogen-bond acceptors (Lipinski definition) is 4. The van der Waals surface area contributed by atoms with Crippen molar-refractivity contribution in [3.8, 4) is 0 Å². The van der Waals surface area contributed by atoms with Crippen molar-refractivity contribution in [1.29, 1.82) is 0 Å². The number of anilines is 1. The minimum atomic E-state index is -0.507. The second-order valence-electron chi connectivity index (χ2n) is 6.42. The number of non-ortho nitro benzene ring substituents is 1. The van der Waals surface area contributed by atoms with E-state index >= 15 is 0 Å². The van der Waals surface area contributed by atoms with Gasteiger partial charge >= 0.3 is 0 Å². The summed E-state index contributed by atoms with van der Waals surface area (Å²) in [5.74, 6) is -0.578. The Balaban J connectivity index is 1.61. The summed E-state index contributed by atoms with van der Waals surface area (Å²) < 4.78 is 0. The standard InChI is InChI=1S/C22H15N3O4/c26-21(14-5-2-1-3-6-14)15-7-4-8-16(11-15)24-22(27)19-13-23-20-10-9-17(25(28)29)12-18(19)20/h1-13,23H,(H,24,27). The monoisotopic (exact) mass is 385 g/mol. The molecule has 0 aliphatic carbocycles. The van der Waals surface area contributed by atoms with Gasteiger partial charge in [0, 0.05) is 46.0 Å². The molecule has 0 aliphatic rings. The topological polar surface area (TPSA) is 105 Å². The molecular weight excluding hydrogens is 370 g/mol. The summed E-state index contributed by atoms with van der Waals surface area (Å²) in [6, 6.07) is 19.8. The van der Waals surface area contributed by atoms with Crippen LogP contribution in [-0.4, -0.2) is 21.6 Å². The molecule has 2 N–H and O–H groups in total. The van der Waals surface area contributed by atoms with Crippen molar-refractivity contribution in [3.05, 3.63) is 106 Å². The second-order valence-corrected chi connectivity index (χ2v) is 6.42. The fourth-order valence-electron chi connectivity index (χ4n) is 3.10. The number of carbonyl (C=O) groups excluding carboxylic acids is 2. The normalized spacial score (nSPS) is 10.6. The van der Waals surface area contributed by atoms with Crippen LogP contribution in [-0.2, 0) is 0 Å². The van der Waals surface area contributed by atoms with Crippen molar-refractivity contribution in [2.24, 2.45) is 0 Å².